The largest absolute Gasteiger partial charge is 0.481 e. The summed E-state index contributed by atoms with van der Waals surface area (Å²) in [6.45, 7) is 4.23. The fraction of sp³-hybridized carbons (Fsp3) is 0.467. The Morgan fingerprint density at radius 1 is 1.50 bits per heavy atom. The number of nitrogens with zero attached hydrogens (tertiary/aromatic N) is 1. The Bertz CT molecular complexity index is 515. The fourth-order valence-electron chi connectivity index (χ4n) is 2.19. The molecule has 1 unspecified atom stereocenters. The Kier molecular flexibility index (Phi) is 4.38. The molecule has 0 aromatic heterocycles. The molecule has 1 aliphatic heterocycles. The molecule has 1 aromatic rings. The maximum Gasteiger partial charge on any atom is 0.305 e. The number of hydrogen-bond acceptors (Lipinski definition) is 4. The maximum atomic E-state index is 11.0. The van der Waals surface area contributed by atoms with Gasteiger partial charge in [0.2, 0.25) is 0 Å². The number of rotatable bonds is 6. The molecule has 1 heterocycles. The highest BCUT2D eigenvalue weighted by molar-refractivity contribution is 5.68. The van der Waals surface area contributed by atoms with Crippen LogP contribution in [0.15, 0.2) is 24.3 Å². The third-order valence-corrected chi connectivity index (χ3v) is 3.50. The van der Waals surface area contributed by atoms with E-state index in [4.69, 9.17) is 15.1 Å². The van der Waals surface area contributed by atoms with Crippen LogP contribution in [0.5, 0.6) is 0 Å². The molecule has 0 amide bonds. The number of carboxylic acid groups (broad SMARTS) is 1. The first-order valence-corrected chi connectivity index (χ1v) is 6.55. The predicted molar refractivity (Wildman–Crippen MR) is 73.1 cm³/mol. The zero-order chi connectivity index (χ0) is 14.6. The highest BCUT2D eigenvalue weighted by Gasteiger charge is 2.33. The molecule has 1 aromatic carbocycles. The molecule has 1 fully saturated rings. The van der Waals surface area contributed by atoms with Crippen molar-refractivity contribution in [3.05, 3.63) is 35.4 Å². The summed E-state index contributed by atoms with van der Waals surface area (Å²) in [5, 5.41) is 21.1. The fourth-order valence-corrected chi connectivity index (χ4v) is 2.19. The second-order valence-electron chi connectivity index (χ2n) is 5.57. The average molecular weight is 274 g/mol. The van der Waals surface area contributed by atoms with Gasteiger partial charge in [-0.1, -0.05) is 19.1 Å². The van der Waals surface area contributed by atoms with Crippen molar-refractivity contribution in [2.45, 2.75) is 19.4 Å². The summed E-state index contributed by atoms with van der Waals surface area (Å²) in [7, 11) is 0. The van der Waals surface area contributed by atoms with E-state index in [1.165, 1.54) is 0 Å². The number of ether oxygens (including phenoxy) is 1. The summed E-state index contributed by atoms with van der Waals surface area (Å²) < 4.78 is 5.19. The molecule has 0 saturated carbocycles. The molecule has 1 aliphatic rings. The lowest BCUT2D eigenvalue weighted by Crippen LogP contribution is -2.48. The predicted octanol–water partition coefficient (Wildman–Crippen LogP) is 1.70. The van der Waals surface area contributed by atoms with E-state index in [9.17, 15) is 4.79 Å². The molecule has 1 saturated heterocycles. The standard InChI is InChI=1S/C15H18N2O3/c1-15(9-20-10-15)8-17-13(6-14(18)19)12-4-2-11(7-16)3-5-12/h2-5,13,17H,6,8-10H2,1H3,(H,18,19). The number of nitriles is 1. The van der Waals surface area contributed by atoms with Gasteiger partial charge in [0, 0.05) is 18.0 Å². The molecular weight excluding hydrogens is 256 g/mol. The lowest BCUT2D eigenvalue weighted by atomic mass is 9.88. The molecular formula is C15H18N2O3. The van der Waals surface area contributed by atoms with Crippen LogP contribution in [0.2, 0.25) is 0 Å². The van der Waals surface area contributed by atoms with Gasteiger partial charge in [0.15, 0.2) is 0 Å². The van der Waals surface area contributed by atoms with Crippen molar-refractivity contribution in [1.29, 1.82) is 5.26 Å². The van der Waals surface area contributed by atoms with Crippen LogP contribution in [0.4, 0.5) is 0 Å². The minimum atomic E-state index is -0.845. The van der Waals surface area contributed by atoms with Gasteiger partial charge in [0.1, 0.15) is 0 Å². The Labute approximate surface area is 118 Å². The van der Waals surface area contributed by atoms with E-state index >= 15 is 0 Å². The van der Waals surface area contributed by atoms with Gasteiger partial charge in [-0.2, -0.15) is 5.26 Å². The second kappa shape index (κ2) is 6.04. The van der Waals surface area contributed by atoms with Crippen LogP contribution in [0.25, 0.3) is 0 Å². The van der Waals surface area contributed by atoms with Crippen molar-refractivity contribution in [3.63, 3.8) is 0 Å². The molecule has 0 spiro atoms. The van der Waals surface area contributed by atoms with Gasteiger partial charge >= 0.3 is 5.97 Å². The van der Waals surface area contributed by atoms with Crippen molar-refractivity contribution in [3.8, 4) is 6.07 Å². The summed E-state index contributed by atoms with van der Waals surface area (Å²) in [6, 6.07) is 8.83. The van der Waals surface area contributed by atoms with Gasteiger partial charge in [-0.25, -0.2) is 0 Å². The Hall–Kier alpha value is -1.90. The smallest absolute Gasteiger partial charge is 0.305 e. The lowest BCUT2D eigenvalue weighted by molar-refractivity contribution is -0.138. The quantitative estimate of drug-likeness (QED) is 0.825. The minimum absolute atomic E-state index is 0.0167. The van der Waals surface area contributed by atoms with Crippen LogP contribution in [0, 0.1) is 16.7 Å². The summed E-state index contributed by atoms with van der Waals surface area (Å²) in [5.41, 5.74) is 1.54. The molecule has 2 rings (SSSR count). The van der Waals surface area contributed by atoms with Gasteiger partial charge in [-0.05, 0) is 17.7 Å². The van der Waals surface area contributed by atoms with Crippen molar-refractivity contribution >= 4 is 5.97 Å². The molecule has 0 radical (unpaired) electrons. The zero-order valence-electron chi connectivity index (χ0n) is 11.4. The normalized spacial score (nSPS) is 17.8. The first-order valence-electron chi connectivity index (χ1n) is 6.55. The van der Waals surface area contributed by atoms with E-state index in [2.05, 4.69) is 18.3 Å². The van der Waals surface area contributed by atoms with Crippen LogP contribution in [0.3, 0.4) is 0 Å². The van der Waals surface area contributed by atoms with Gasteiger partial charge in [-0.3, -0.25) is 4.79 Å². The van der Waals surface area contributed by atoms with E-state index in [-0.39, 0.29) is 17.9 Å². The number of carbonyl (C=O) groups is 1. The van der Waals surface area contributed by atoms with E-state index < -0.39 is 5.97 Å². The van der Waals surface area contributed by atoms with Crippen LogP contribution >= 0.6 is 0 Å². The van der Waals surface area contributed by atoms with Crippen molar-refractivity contribution in [1.82, 2.24) is 5.32 Å². The number of aliphatic carboxylic acids is 1. The monoisotopic (exact) mass is 274 g/mol. The first-order chi connectivity index (χ1) is 9.52. The third-order valence-electron chi connectivity index (χ3n) is 3.50. The maximum absolute atomic E-state index is 11.0. The Morgan fingerprint density at radius 2 is 2.15 bits per heavy atom. The molecule has 1 atom stereocenters. The van der Waals surface area contributed by atoms with Crippen molar-refractivity contribution in [2.24, 2.45) is 5.41 Å². The third kappa shape index (κ3) is 3.56. The highest BCUT2D eigenvalue weighted by atomic mass is 16.5. The van der Waals surface area contributed by atoms with E-state index in [0.29, 0.717) is 25.3 Å². The molecule has 0 bridgehead atoms. The van der Waals surface area contributed by atoms with Crippen molar-refractivity contribution < 1.29 is 14.6 Å². The molecule has 0 aliphatic carbocycles. The number of benzene rings is 1. The van der Waals surface area contributed by atoms with Gasteiger partial charge < -0.3 is 15.2 Å². The molecule has 5 nitrogen and oxygen atoms in total. The van der Waals surface area contributed by atoms with Gasteiger partial charge in [0.25, 0.3) is 0 Å². The Morgan fingerprint density at radius 3 is 2.60 bits per heavy atom. The number of carboxylic acids is 1. The highest BCUT2D eigenvalue weighted by Crippen LogP contribution is 2.27. The van der Waals surface area contributed by atoms with Crippen LogP contribution in [0.1, 0.15) is 30.5 Å². The van der Waals surface area contributed by atoms with E-state index in [1.807, 2.05) is 0 Å². The number of hydrogen-bond donors (Lipinski definition) is 2. The van der Waals surface area contributed by atoms with Gasteiger partial charge in [-0.15, -0.1) is 0 Å². The Balaban J connectivity index is 2.05. The summed E-state index contributed by atoms with van der Waals surface area (Å²) in [4.78, 5) is 11.0. The van der Waals surface area contributed by atoms with Crippen molar-refractivity contribution in [2.75, 3.05) is 19.8 Å². The van der Waals surface area contributed by atoms with Crippen LogP contribution < -0.4 is 5.32 Å². The summed E-state index contributed by atoms with van der Waals surface area (Å²) in [5.74, 6) is -0.845. The summed E-state index contributed by atoms with van der Waals surface area (Å²) in [6.07, 6.45) is 0.0167. The average Bonchev–Trinajstić information content (AvgIpc) is 2.41. The topological polar surface area (TPSA) is 82.4 Å². The molecule has 20 heavy (non-hydrogen) atoms. The molecule has 5 heteroatoms. The number of nitrogens with one attached hydrogen (secondary N) is 1. The molecule has 2 N–H and O–H groups in total. The lowest BCUT2D eigenvalue weighted by Gasteiger charge is -2.39. The SMILES string of the molecule is CC1(CNC(CC(=O)O)c2ccc(C#N)cc2)COC1. The second-order valence-corrected chi connectivity index (χ2v) is 5.57. The van der Waals surface area contributed by atoms with Crippen LogP contribution in [-0.4, -0.2) is 30.8 Å². The first kappa shape index (κ1) is 14.5. The molecule has 106 valence electrons. The van der Waals surface area contributed by atoms with E-state index in [0.717, 1.165) is 5.56 Å². The van der Waals surface area contributed by atoms with Gasteiger partial charge in [0.05, 0.1) is 31.3 Å². The van der Waals surface area contributed by atoms with E-state index in [1.54, 1.807) is 24.3 Å². The minimum Gasteiger partial charge on any atom is -0.481 e. The summed E-state index contributed by atoms with van der Waals surface area (Å²) >= 11 is 0. The van der Waals surface area contributed by atoms with Crippen LogP contribution in [-0.2, 0) is 9.53 Å². The zero-order valence-corrected chi connectivity index (χ0v) is 11.4.